The summed E-state index contributed by atoms with van der Waals surface area (Å²) in [5.41, 5.74) is 5.79. The molecule has 8 rings (SSSR count). The molecule has 1 unspecified atom stereocenters. The fourth-order valence-electron chi connectivity index (χ4n) is 8.49. The molecule has 1 aromatic heterocycles. The number of thiophene rings is 1. The molecule has 49 heavy (non-hydrogen) atoms. The quantitative estimate of drug-likeness (QED) is 0.388. The highest BCUT2D eigenvalue weighted by atomic mass is 79.9. The average Bonchev–Trinajstić information content (AvgIpc) is 3.56. The first kappa shape index (κ1) is 34.6. The molecule has 2 bridgehead atoms. The molecule has 4 amide bonds. The van der Waals surface area contributed by atoms with Crippen molar-refractivity contribution in [1.82, 2.24) is 24.5 Å². The van der Waals surface area contributed by atoms with Crippen molar-refractivity contribution in [2.24, 2.45) is 11.8 Å². The summed E-state index contributed by atoms with van der Waals surface area (Å²) in [5.74, 6) is -0.535. The number of piperazine rings is 1. The standard InChI is InChI=1S/C34H43BrF3N7O3S/c35-27-17-21(16-26(30(27)39)34(36,37)38)15-24(32(47)44-12-10-42(11-13-44)28-20-41-6-1-22(28)2-7-41)18-29(46)43-8-3-25(4-9-43)45-19-23-5-14-49-31(23)40-33(45)48/h5,14,16-17,22,24-25,28H,1-4,6-13,15,18-20,39H2,(H,40,48)/t24-,28?/m0/s1. The number of nitrogens with one attached hydrogen (secondary N) is 1. The van der Waals surface area contributed by atoms with Gasteiger partial charge in [0.25, 0.3) is 0 Å². The second kappa shape index (κ2) is 14.0. The van der Waals surface area contributed by atoms with E-state index >= 15 is 0 Å². The second-order valence-corrected chi connectivity index (χ2v) is 15.9. The number of nitrogen functional groups attached to an aromatic ring is 1. The zero-order valence-corrected chi connectivity index (χ0v) is 29.8. The maximum Gasteiger partial charge on any atom is 0.418 e. The van der Waals surface area contributed by atoms with Crippen LogP contribution in [0.1, 0.15) is 48.8 Å². The summed E-state index contributed by atoms with van der Waals surface area (Å²) in [5, 5.41) is 5.79. The van der Waals surface area contributed by atoms with Crippen LogP contribution in [0.4, 0.5) is 28.7 Å². The number of alkyl halides is 3. The van der Waals surface area contributed by atoms with Crippen molar-refractivity contribution in [3.8, 4) is 0 Å². The minimum Gasteiger partial charge on any atom is -0.397 e. The number of hydrogen-bond acceptors (Lipinski definition) is 7. The predicted octanol–water partition coefficient (Wildman–Crippen LogP) is 4.94. The maximum atomic E-state index is 14.2. The summed E-state index contributed by atoms with van der Waals surface area (Å²) in [4.78, 5) is 51.1. The van der Waals surface area contributed by atoms with E-state index < -0.39 is 23.3 Å². The van der Waals surface area contributed by atoms with Crippen LogP contribution in [0.3, 0.4) is 0 Å². The number of carbonyl (C=O) groups is 3. The number of piperidine rings is 4. The lowest BCUT2D eigenvalue weighted by atomic mass is 9.83. The zero-order valence-electron chi connectivity index (χ0n) is 27.4. The van der Waals surface area contributed by atoms with Gasteiger partial charge < -0.3 is 25.3 Å². The lowest BCUT2D eigenvalue weighted by Crippen LogP contribution is -2.61. The van der Waals surface area contributed by atoms with Crippen LogP contribution in [-0.4, -0.2) is 113 Å². The number of carbonyl (C=O) groups excluding carboxylic acids is 3. The number of amides is 4. The van der Waals surface area contributed by atoms with E-state index in [1.165, 1.54) is 30.2 Å². The molecule has 0 saturated carbocycles. The molecular formula is C34H43BrF3N7O3S. The number of anilines is 2. The van der Waals surface area contributed by atoms with Crippen LogP contribution >= 0.6 is 27.3 Å². The van der Waals surface area contributed by atoms with Gasteiger partial charge in [0.1, 0.15) is 5.00 Å². The third kappa shape index (κ3) is 7.31. The molecule has 0 spiro atoms. The van der Waals surface area contributed by atoms with E-state index in [-0.39, 0.29) is 41.2 Å². The van der Waals surface area contributed by atoms with E-state index in [4.69, 9.17) is 5.73 Å². The van der Waals surface area contributed by atoms with E-state index in [9.17, 15) is 27.6 Å². The zero-order chi connectivity index (χ0) is 34.4. The number of likely N-dealkylation sites (tertiary alicyclic amines) is 1. The van der Waals surface area contributed by atoms with E-state index in [1.807, 2.05) is 16.3 Å². The topological polar surface area (TPSA) is 105 Å². The highest BCUT2D eigenvalue weighted by Crippen LogP contribution is 2.39. The Morgan fingerprint density at radius 3 is 2.37 bits per heavy atom. The van der Waals surface area contributed by atoms with Crippen molar-refractivity contribution in [3.05, 3.63) is 44.7 Å². The van der Waals surface area contributed by atoms with E-state index in [2.05, 4.69) is 31.0 Å². The van der Waals surface area contributed by atoms with Gasteiger partial charge in [-0.15, -0.1) is 11.3 Å². The fourth-order valence-corrected chi connectivity index (χ4v) is 9.80. The molecule has 2 aromatic rings. The molecule has 2 atom stereocenters. The summed E-state index contributed by atoms with van der Waals surface area (Å²) >= 11 is 4.68. The Labute approximate surface area is 296 Å². The second-order valence-electron chi connectivity index (χ2n) is 14.2. The van der Waals surface area contributed by atoms with Crippen molar-refractivity contribution in [1.29, 1.82) is 0 Å². The number of hydrogen-bond donors (Lipinski definition) is 2. The minimum atomic E-state index is -4.66. The van der Waals surface area contributed by atoms with Gasteiger partial charge in [0.15, 0.2) is 0 Å². The van der Waals surface area contributed by atoms with Gasteiger partial charge in [0, 0.05) is 74.4 Å². The van der Waals surface area contributed by atoms with Gasteiger partial charge in [0.05, 0.1) is 23.7 Å². The van der Waals surface area contributed by atoms with Crippen LogP contribution in [0.5, 0.6) is 0 Å². The van der Waals surface area contributed by atoms with E-state index in [1.54, 1.807) is 9.80 Å². The first-order valence-corrected chi connectivity index (χ1v) is 18.9. The molecule has 6 aliphatic heterocycles. The number of urea groups is 1. The molecule has 0 aliphatic carbocycles. The van der Waals surface area contributed by atoms with Crippen molar-refractivity contribution in [2.45, 2.75) is 63.3 Å². The molecule has 7 heterocycles. The van der Waals surface area contributed by atoms with Gasteiger partial charge in [-0.3, -0.25) is 19.8 Å². The number of benzene rings is 1. The van der Waals surface area contributed by atoms with Crippen LogP contribution in [0.15, 0.2) is 28.1 Å². The summed E-state index contributed by atoms with van der Waals surface area (Å²) < 4.78 is 41.7. The molecule has 0 radical (unpaired) electrons. The first-order valence-electron chi connectivity index (χ1n) is 17.3. The Kier molecular flexibility index (Phi) is 9.90. The van der Waals surface area contributed by atoms with Crippen LogP contribution < -0.4 is 11.1 Å². The monoisotopic (exact) mass is 765 g/mol. The smallest absolute Gasteiger partial charge is 0.397 e. The third-order valence-electron chi connectivity index (χ3n) is 11.3. The van der Waals surface area contributed by atoms with Gasteiger partial charge in [-0.1, -0.05) is 0 Å². The summed E-state index contributed by atoms with van der Waals surface area (Å²) in [7, 11) is 0. The third-order valence-corrected chi connectivity index (χ3v) is 12.8. The van der Waals surface area contributed by atoms with E-state index in [0.29, 0.717) is 63.1 Å². The van der Waals surface area contributed by atoms with E-state index in [0.717, 1.165) is 49.4 Å². The average molecular weight is 767 g/mol. The Bertz CT molecular complexity index is 1570. The van der Waals surface area contributed by atoms with Crippen molar-refractivity contribution >= 4 is 55.8 Å². The largest absolute Gasteiger partial charge is 0.418 e. The molecule has 5 fully saturated rings. The minimum absolute atomic E-state index is 0.0141. The number of fused-ring (bicyclic) bond motifs is 4. The Balaban J connectivity index is 1.03. The van der Waals surface area contributed by atoms with Crippen molar-refractivity contribution in [2.75, 3.05) is 70.0 Å². The summed E-state index contributed by atoms with van der Waals surface area (Å²) in [6.45, 7) is 7.35. The van der Waals surface area contributed by atoms with Gasteiger partial charge in [-0.2, -0.15) is 13.2 Å². The molecule has 10 nitrogen and oxygen atoms in total. The van der Waals surface area contributed by atoms with Gasteiger partial charge in [-0.25, -0.2) is 4.79 Å². The molecule has 6 aliphatic rings. The van der Waals surface area contributed by atoms with Crippen molar-refractivity contribution < 1.29 is 27.6 Å². The Morgan fingerprint density at radius 2 is 1.71 bits per heavy atom. The normalized spacial score (nSPS) is 25.7. The van der Waals surface area contributed by atoms with Crippen molar-refractivity contribution in [3.63, 3.8) is 0 Å². The van der Waals surface area contributed by atoms with Crippen LogP contribution in [0, 0.1) is 11.8 Å². The molecule has 5 saturated heterocycles. The Hall–Kier alpha value is -2.88. The lowest BCUT2D eigenvalue weighted by molar-refractivity contribution is -0.143. The highest BCUT2D eigenvalue weighted by Gasteiger charge is 2.41. The molecule has 1 aromatic carbocycles. The molecule has 3 N–H and O–H groups in total. The number of rotatable bonds is 7. The predicted molar refractivity (Wildman–Crippen MR) is 185 cm³/mol. The molecule has 266 valence electrons. The number of halogens is 4. The van der Waals surface area contributed by atoms with Crippen LogP contribution in [0.25, 0.3) is 0 Å². The summed E-state index contributed by atoms with van der Waals surface area (Å²) in [6.07, 6.45) is -1.14. The lowest BCUT2D eigenvalue weighted by Gasteiger charge is -2.51. The fraction of sp³-hybridized carbons (Fsp3) is 0.618. The molecule has 15 heteroatoms. The van der Waals surface area contributed by atoms with Gasteiger partial charge >= 0.3 is 12.2 Å². The summed E-state index contributed by atoms with van der Waals surface area (Å²) in [6, 6.07) is 4.88. The first-order chi connectivity index (χ1) is 23.4. The number of nitrogens with two attached hydrogens (primary N) is 1. The maximum absolute atomic E-state index is 14.2. The number of nitrogens with zero attached hydrogens (tertiary/aromatic N) is 5. The highest BCUT2D eigenvalue weighted by molar-refractivity contribution is 9.10. The van der Waals surface area contributed by atoms with Crippen LogP contribution in [-0.2, 0) is 28.7 Å². The van der Waals surface area contributed by atoms with Gasteiger partial charge in [0.2, 0.25) is 11.8 Å². The Morgan fingerprint density at radius 1 is 1.00 bits per heavy atom. The van der Waals surface area contributed by atoms with Gasteiger partial charge in [-0.05, 0) is 96.2 Å². The SMILES string of the molecule is Nc1c(Br)cc(C[C@@H](CC(=O)N2CCC(N3Cc4ccsc4NC3=O)CC2)C(=O)N2CCN(C3CN4CCC3CC4)CC2)cc1C(F)(F)F. The van der Waals surface area contributed by atoms with Crippen LogP contribution in [0.2, 0.25) is 0 Å². The molecular weight excluding hydrogens is 723 g/mol.